The van der Waals surface area contributed by atoms with Crippen LogP contribution in [-0.4, -0.2) is 40.7 Å². The number of carbonyl (C=O) groups is 1. The van der Waals surface area contributed by atoms with E-state index in [-0.39, 0.29) is 6.03 Å². The SMILES string of the molecule is Cc1cccnc1CNC(=O)N(C)CCC(C)O. The van der Waals surface area contributed by atoms with Crippen LogP contribution in [0.15, 0.2) is 18.3 Å². The summed E-state index contributed by atoms with van der Waals surface area (Å²) in [6.45, 7) is 4.63. The normalized spacial score (nSPS) is 12.0. The number of nitrogens with one attached hydrogen (secondary N) is 1. The molecule has 2 N–H and O–H groups in total. The molecule has 0 saturated carbocycles. The van der Waals surface area contributed by atoms with Gasteiger partial charge in [0.05, 0.1) is 18.3 Å². The summed E-state index contributed by atoms with van der Waals surface area (Å²) < 4.78 is 0. The Hall–Kier alpha value is -1.62. The van der Waals surface area contributed by atoms with E-state index in [0.29, 0.717) is 19.5 Å². The molecule has 0 radical (unpaired) electrons. The molecule has 1 aromatic rings. The molecule has 0 bridgehead atoms. The maximum Gasteiger partial charge on any atom is 0.317 e. The maximum absolute atomic E-state index is 11.7. The molecule has 1 atom stereocenters. The molecule has 0 aromatic carbocycles. The molecule has 0 spiro atoms. The fourth-order valence-corrected chi connectivity index (χ4v) is 1.48. The summed E-state index contributed by atoms with van der Waals surface area (Å²) in [7, 11) is 1.71. The monoisotopic (exact) mass is 251 g/mol. The third-order valence-corrected chi connectivity index (χ3v) is 2.75. The highest BCUT2D eigenvalue weighted by atomic mass is 16.3. The van der Waals surface area contributed by atoms with Gasteiger partial charge in [0, 0.05) is 19.8 Å². The van der Waals surface area contributed by atoms with Gasteiger partial charge in [-0.05, 0) is 31.9 Å². The zero-order valence-electron chi connectivity index (χ0n) is 11.2. The molecule has 1 aromatic heterocycles. The van der Waals surface area contributed by atoms with E-state index < -0.39 is 6.10 Å². The van der Waals surface area contributed by atoms with Gasteiger partial charge in [0.15, 0.2) is 0 Å². The lowest BCUT2D eigenvalue weighted by atomic mass is 10.2. The number of nitrogens with zero attached hydrogens (tertiary/aromatic N) is 2. The van der Waals surface area contributed by atoms with Crippen LogP contribution in [0.3, 0.4) is 0 Å². The van der Waals surface area contributed by atoms with Crippen molar-refractivity contribution in [3.63, 3.8) is 0 Å². The number of carbonyl (C=O) groups excluding carboxylic acids is 1. The van der Waals surface area contributed by atoms with Gasteiger partial charge in [-0.2, -0.15) is 0 Å². The van der Waals surface area contributed by atoms with E-state index >= 15 is 0 Å². The lowest BCUT2D eigenvalue weighted by Gasteiger charge is -2.18. The van der Waals surface area contributed by atoms with Crippen LogP contribution in [-0.2, 0) is 6.54 Å². The van der Waals surface area contributed by atoms with Crippen molar-refractivity contribution in [2.75, 3.05) is 13.6 Å². The zero-order chi connectivity index (χ0) is 13.5. The molecule has 100 valence electrons. The summed E-state index contributed by atoms with van der Waals surface area (Å²) in [6.07, 6.45) is 1.90. The Morgan fingerprint density at radius 2 is 2.33 bits per heavy atom. The Morgan fingerprint density at radius 1 is 1.61 bits per heavy atom. The minimum atomic E-state index is -0.390. The molecule has 1 rings (SSSR count). The molecule has 0 aliphatic heterocycles. The van der Waals surface area contributed by atoms with Crippen molar-refractivity contribution < 1.29 is 9.90 Å². The Kier molecular flexibility index (Phi) is 5.58. The molecule has 18 heavy (non-hydrogen) atoms. The summed E-state index contributed by atoms with van der Waals surface area (Å²) in [5.41, 5.74) is 1.93. The number of aliphatic hydroxyl groups excluding tert-OH is 1. The van der Waals surface area contributed by atoms with Crippen LogP contribution in [0.1, 0.15) is 24.6 Å². The minimum absolute atomic E-state index is 0.152. The van der Waals surface area contributed by atoms with E-state index in [1.165, 1.54) is 0 Å². The van der Waals surface area contributed by atoms with E-state index in [9.17, 15) is 4.79 Å². The number of amides is 2. The predicted octanol–water partition coefficient (Wildman–Crippen LogP) is 1.30. The Labute approximate surface area is 108 Å². The van der Waals surface area contributed by atoms with Gasteiger partial charge in [-0.3, -0.25) is 4.98 Å². The number of rotatable bonds is 5. The molecular weight excluding hydrogens is 230 g/mol. The Bertz CT molecular complexity index is 394. The van der Waals surface area contributed by atoms with Gasteiger partial charge in [-0.25, -0.2) is 4.79 Å². The van der Waals surface area contributed by atoms with Gasteiger partial charge in [-0.1, -0.05) is 6.07 Å². The minimum Gasteiger partial charge on any atom is -0.393 e. The molecule has 0 saturated heterocycles. The summed E-state index contributed by atoms with van der Waals surface area (Å²) in [5, 5.41) is 12.0. The van der Waals surface area contributed by atoms with Crippen LogP contribution in [0, 0.1) is 6.92 Å². The van der Waals surface area contributed by atoms with Gasteiger partial charge in [0.25, 0.3) is 0 Å². The fourth-order valence-electron chi connectivity index (χ4n) is 1.48. The smallest absolute Gasteiger partial charge is 0.317 e. The summed E-state index contributed by atoms with van der Waals surface area (Å²) in [6, 6.07) is 3.68. The van der Waals surface area contributed by atoms with E-state index in [2.05, 4.69) is 10.3 Å². The van der Waals surface area contributed by atoms with Crippen molar-refractivity contribution in [1.82, 2.24) is 15.2 Å². The zero-order valence-corrected chi connectivity index (χ0v) is 11.2. The number of aromatic nitrogens is 1. The summed E-state index contributed by atoms with van der Waals surface area (Å²) in [5.74, 6) is 0. The van der Waals surface area contributed by atoms with Crippen LogP contribution in [0.2, 0.25) is 0 Å². The molecule has 0 fully saturated rings. The van der Waals surface area contributed by atoms with Gasteiger partial charge >= 0.3 is 6.03 Å². The average Bonchev–Trinajstić information content (AvgIpc) is 2.34. The number of pyridine rings is 1. The Balaban J connectivity index is 2.39. The number of aliphatic hydroxyl groups is 1. The first-order valence-electron chi connectivity index (χ1n) is 6.08. The molecule has 0 aliphatic carbocycles. The van der Waals surface area contributed by atoms with Crippen molar-refractivity contribution in [3.8, 4) is 0 Å². The van der Waals surface area contributed by atoms with Crippen LogP contribution in [0.25, 0.3) is 0 Å². The first-order chi connectivity index (χ1) is 8.50. The predicted molar refractivity (Wildman–Crippen MR) is 70.1 cm³/mol. The van der Waals surface area contributed by atoms with Crippen LogP contribution in [0.4, 0.5) is 4.79 Å². The highest BCUT2D eigenvalue weighted by Crippen LogP contribution is 2.02. The van der Waals surface area contributed by atoms with Gasteiger partial charge in [-0.15, -0.1) is 0 Å². The lowest BCUT2D eigenvalue weighted by molar-refractivity contribution is 0.163. The second-order valence-electron chi connectivity index (χ2n) is 4.48. The second kappa shape index (κ2) is 6.96. The standard InChI is InChI=1S/C13H21N3O2/c1-10-5-4-7-14-12(10)9-15-13(18)16(3)8-6-11(2)17/h4-5,7,11,17H,6,8-9H2,1-3H3,(H,15,18). The van der Waals surface area contributed by atoms with Gasteiger partial charge < -0.3 is 15.3 Å². The molecule has 5 nitrogen and oxygen atoms in total. The summed E-state index contributed by atoms with van der Waals surface area (Å²) >= 11 is 0. The molecule has 1 heterocycles. The number of hydrogen-bond acceptors (Lipinski definition) is 3. The summed E-state index contributed by atoms with van der Waals surface area (Å²) in [4.78, 5) is 17.5. The largest absolute Gasteiger partial charge is 0.393 e. The second-order valence-corrected chi connectivity index (χ2v) is 4.48. The lowest BCUT2D eigenvalue weighted by Crippen LogP contribution is -2.38. The first-order valence-corrected chi connectivity index (χ1v) is 6.08. The van der Waals surface area contributed by atoms with E-state index in [1.54, 1.807) is 25.1 Å². The third kappa shape index (κ3) is 4.71. The van der Waals surface area contributed by atoms with E-state index in [4.69, 9.17) is 5.11 Å². The maximum atomic E-state index is 11.7. The highest BCUT2D eigenvalue weighted by molar-refractivity contribution is 5.73. The van der Waals surface area contributed by atoms with Gasteiger partial charge in [0.2, 0.25) is 0 Å². The van der Waals surface area contributed by atoms with Crippen molar-refractivity contribution >= 4 is 6.03 Å². The quantitative estimate of drug-likeness (QED) is 0.829. The number of aryl methyl sites for hydroxylation is 1. The highest BCUT2D eigenvalue weighted by Gasteiger charge is 2.09. The molecule has 2 amide bonds. The third-order valence-electron chi connectivity index (χ3n) is 2.75. The Morgan fingerprint density at radius 3 is 2.94 bits per heavy atom. The fraction of sp³-hybridized carbons (Fsp3) is 0.538. The van der Waals surface area contributed by atoms with Crippen molar-refractivity contribution in [2.24, 2.45) is 0 Å². The number of hydrogen-bond donors (Lipinski definition) is 2. The topological polar surface area (TPSA) is 65.5 Å². The molecular formula is C13H21N3O2. The first kappa shape index (κ1) is 14.4. The average molecular weight is 251 g/mol. The molecule has 5 heteroatoms. The van der Waals surface area contributed by atoms with Crippen LogP contribution < -0.4 is 5.32 Å². The van der Waals surface area contributed by atoms with Crippen LogP contribution in [0.5, 0.6) is 0 Å². The van der Waals surface area contributed by atoms with Crippen molar-refractivity contribution in [3.05, 3.63) is 29.6 Å². The number of urea groups is 1. The molecule has 1 unspecified atom stereocenters. The van der Waals surface area contributed by atoms with Crippen molar-refractivity contribution in [1.29, 1.82) is 0 Å². The molecule has 0 aliphatic rings. The van der Waals surface area contributed by atoms with E-state index in [1.807, 2.05) is 19.1 Å². The van der Waals surface area contributed by atoms with E-state index in [0.717, 1.165) is 11.3 Å². The van der Waals surface area contributed by atoms with Crippen molar-refractivity contribution in [2.45, 2.75) is 32.9 Å². The van der Waals surface area contributed by atoms with Gasteiger partial charge in [0.1, 0.15) is 0 Å². The van der Waals surface area contributed by atoms with Crippen LogP contribution >= 0.6 is 0 Å².